The molecule has 1 aliphatic heterocycles. The number of para-hydroxylation sites is 1. The minimum atomic E-state index is -0.525. The molecule has 1 aliphatic carbocycles. The Kier molecular flexibility index (Phi) is 4.73. The first-order chi connectivity index (χ1) is 13.7. The Balaban J connectivity index is 1.57. The van der Waals surface area contributed by atoms with E-state index in [1.807, 2.05) is 51.1 Å². The number of rotatable bonds is 3. The number of fused-ring (bicyclic) bond motifs is 1. The molecule has 152 valence electrons. The van der Waals surface area contributed by atoms with Crippen LogP contribution in [0.2, 0.25) is 0 Å². The Hall–Kier alpha value is -3.02. The normalized spacial score (nSPS) is 16.9. The fourth-order valence-corrected chi connectivity index (χ4v) is 3.63. The first-order valence-corrected chi connectivity index (χ1v) is 10.0. The zero-order valence-electron chi connectivity index (χ0n) is 17.1. The second kappa shape index (κ2) is 7.10. The van der Waals surface area contributed by atoms with Crippen LogP contribution in [-0.4, -0.2) is 23.1 Å². The van der Waals surface area contributed by atoms with Gasteiger partial charge in [-0.3, -0.25) is 4.79 Å². The van der Waals surface area contributed by atoms with Gasteiger partial charge in [-0.1, -0.05) is 30.3 Å². The second-order valence-corrected chi connectivity index (χ2v) is 8.91. The van der Waals surface area contributed by atoms with E-state index < -0.39 is 11.7 Å². The van der Waals surface area contributed by atoms with E-state index in [0.717, 1.165) is 40.9 Å². The number of hydrogen-bond acceptors (Lipinski definition) is 4. The van der Waals surface area contributed by atoms with E-state index in [4.69, 9.17) is 4.74 Å². The molecular formula is C23H27N3O3. The largest absolute Gasteiger partial charge is 0.444 e. The maximum absolute atomic E-state index is 12.2. The van der Waals surface area contributed by atoms with Crippen LogP contribution in [0.4, 0.5) is 16.2 Å². The fourth-order valence-electron chi connectivity index (χ4n) is 3.63. The van der Waals surface area contributed by atoms with Gasteiger partial charge in [0.15, 0.2) is 0 Å². The van der Waals surface area contributed by atoms with Crippen LogP contribution in [0.15, 0.2) is 42.5 Å². The van der Waals surface area contributed by atoms with E-state index in [0.29, 0.717) is 13.0 Å². The molecule has 0 aromatic heterocycles. The van der Waals surface area contributed by atoms with Crippen LogP contribution in [0, 0.1) is 0 Å². The van der Waals surface area contributed by atoms with Crippen molar-refractivity contribution in [2.75, 3.05) is 10.6 Å². The number of anilines is 2. The average Bonchev–Trinajstić information content (AvgIpc) is 3.41. The van der Waals surface area contributed by atoms with E-state index in [1.54, 1.807) is 0 Å². The topological polar surface area (TPSA) is 79.5 Å². The van der Waals surface area contributed by atoms with Crippen LogP contribution < -0.4 is 16.0 Å². The van der Waals surface area contributed by atoms with E-state index in [9.17, 15) is 9.59 Å². The number of nitrogens with one attached hydrogen (secondary N) is 3. The zero-order chi connectivity index (χ0) is 20.6. The van der Waals surface area contributed by atoms with E-state index >= 15 is 0 Å². The summed E-state index contributed by atoms with van der Waals surface area (Å²) >= 11 is 0. The third kappa shape index (κ3) is 4.53. The summed E-state index contributed by atoms with van der Waals surface area (Å²) in [6.45, 7) is 5.90. The highest BCUT2D eigenvalue weighted by Gasteiger charge is 2.46. The monoisotopic (exact) mass is 393 g/mol. The number of benzene rings is 2. The molecule has 0 saturated heterocycles. The summed E-state index contributed by atoms with van der Waals surface area (Å²) in [5, 5.41) is 9.46. The summed E-state index contributed by atoms with van der Waals surface area (Å²) in [4.78, 5) is 24.2. The van der Waals surface area contributed by atoms with Gasteiger partial charge < -0.3 is 20.7 Å². The van der Waals surface area contributed by atoms with Gasteiger partial charge in [-0.05, 0) is 56.9 Å². The van der Waals surface area contributed by atoms with Crippen molar-refractivity contribution in [1.82, 2.24) is 5.32 Å². The molecule has 0 radical (unpaired) electrons. The third-order valence-corrected chi connectivity index (χ3v) is 5.15. The lowest BCUT2D eigenvalue weighted by Gasteiger charge is -2.20. The molecule has 4 rings (SSSR count). The van der Waals surface area contributed by atoms with Crippen molar-refractivity contribution < 1.29 is 14.3 Å². The van der Waals surface area contributed by atoms with Crippen molar-refractivity contribution in [1.29, 1.82) is 0 Å². The van der Waals surface area contributed by atoms with Crippen LogP contribution in [0.3, 0.4) is 0 Å². The first kappa shape index (κ1) is 19.3. The van der Waals surface area contributed by atoms with Gasteiger partial charge in [-0.25, -0.2) is 4.79 Å². The average molecular weight is 393 g/mol. The molecule has 1 spiro atoms. The lowest BCUT2D eigenvalue weighted by atomic mass is 9.99. The van der Waals surface area contributed by atoms with Crippen LogP contribution in [0.25, 0.3) is 11.1 Å². The Labute approximate surface area is 171 Å². The van der Waals surface area contributed by atoms with Gasteiger partial charge in [0.25, 0.3) is 0 Å². The standard InChI is InChI=1S/C23H27N3O3/c1-22(2,3)29-21(28)24-14-15-6-4-7-16(12-15)17-8-5-9-18-20(17)26-23(10-11-23)13-19(27)25-18/h4-9,12,26H,10-11,13-14H2,1-3H3,(H,24,28)(H,25,27). The molecular weight excluding hydrogens is 366 g/mol. The van der Waals surface area contributed by atoms with Gasteiger partial charge in [0.05, 0.1) is 11.4 Å². The molecule has 0 bridgehead atoms. The Morgan fingerprint density at radius 2 is 1.93 bits per heavy atom. The molecule has 2 aliphatic rings. The van der Waals surface area contributed by atoms with Crippen molar-refractivity contribution in [2.45, 2.75) is 57.7 Å². The van der Waals surface area contributed by atoms with Crippen LogP contribution in [0.1, 0.15) is 45.6 Å². The predicted octanol–water partition coefficient (Wildman–Crippen LogP) is 4.67. The Bertz CT molecular complexity index is 958. The number of ether oxygens (including phenoxy) is 1. The Morgan fingerprint density at radius 1 is 1.17 bits per heavy atom. The molecule has 1 saturated carbocycles. The summed E-state index contributed by atoms with van der Waals surface area (Å²) in [6, 6.07) is 14.0. The molecule has 6 nitrogen and oxygen atoms in total. The maximum atomic E-state index is 12.2. The number of carbonyl (C=O) groups excluding carboxylic acids is 2. The fraction of sp³-hybridized carbons (Fsp3) is 0.391. The van der Waals surface area contributed by atoms with Gasteiger partial charge in [-0.15, -0.1) is 0 Å². The molecule has 2 aromatic carbocycles. The third-order valence-electron chi connectivity index (χ3n) is 5.15. The second-order valence-electron chi connectivity index (χ2n) is 8.91. The van der Waals surface area contributed by atoms with Crippen molar-refractivity contribution >= 4 is 23.4 Å². The smallest absolute Gasteiger partial charge is 0.407 e. The summed E-state index contributed by atoms with van der Waals surface area (Å²) < 4.78 is 5.30. The molecule has 2 aromatic rings. The SMILES string of the molecule is CC(C)(C)OC(=O)NCc1cccc(-c2cccc3c2NC2(CC2)CC(=O)N3)c1. The molecule has 0 unspecified atom stereocenters. The lowest BCUT2D eigenvalue weighted by molar-refractivity contribution is -0.116. The first-order valence-electron chi connectivity index (χ1n) is 10.0. The quantitative estimate of drug-likeness (QED) is 0.708. The number of carbonyl (C=O) groups is 2. The maximum Gasteiger partial charge on any atom is 0.407 e. The molecule has 0 atom stereocenters. The molecule has 1 heterocycles. The van der Waals surface area contributed by atoms with Crippen LogP contribution in [0.5, 0.6) is 0 Å². The van der Waals surface area contributed by atoms with Crippen molar-refractivity contribution in [3.05, 3.63) is 48.0 Å². The van der Waals surface area contributed by atoms with E-state index in [-0.39, 0.29) is 11.4 Å². The molecule has 3 N–H and O–H groups in total. The molecule has 6 heteroatoms. The van der Waals surface area contributed by atoms with Gasteiger partial charge in [0.2, 0.25) is 5.91 Å². The Morgan fingerprint density at radius 3 is 2.66 bits per heavy atom. The van der Waals surface area contributed by atoms with Gasteiger partial charge >= 0.3 is 6.09 Å². The van der Waals surface area contributed by atoms with Gasteiger partial charge in [0.1, 0.15) is 5.60 Å². The predicted molar refractivity (Wildman–Crippen MR) is 114 cm³/mol. The van der Waals surface area contributed by atoms with E-state index in [1.165, 1.54) is 0 Å². The number of amides is 2. The summed E-state index contributed by atoms with van der Waals surface area (Å²) in [6.07, 6.45) is 2.08. The van der Waals surface area contributed by atoms with Crippen LogP contribution in [-0.2, 0) is 16.1 Å². The number of hydrogen-bond donors (Lipinski definition) is 3. The van der Waals surface area contributed by atoms with Gasteiger partial charge in [-0.2, -0.15) is 0 Å². The zero-order valence-corrected chi connectivity index (χ0v) is 17.1. The summed E-state index contributed by atoms with van der Waals surface area (Å²) in [5.74, 6) is 0.0567. The summed E-state index contributed by atoms with van der Waals surface area (Å²) in [5.41, 5.74) is 4.19. The molecule has 1 fully saturated rings. The molecule has 2 amide bonds. The minimum Gasteiger partial charge on any atom is -0.444 e. The van der Waals surface area contributed by atoms with E-state index in [2.05, 4.69) is 28.1 Å². The molecule has 29 heavy (non-hydrogen) atoms. The van der Waals surface area contributed by atoms with Gasteiger partial charge in [0, 0.05) is 24.1 Å². The number of alkyl carbamates (subject to hydrolysis) is 1. The van der Waals surface area contributed by atoms with Crippen molar-refractivity contribution in [3.63, 3.8) is 0 Å². The highest BCUT2D eigenvalue weighted by molar-refractivity contribution is 6.01. The minimum absolute atomic E-state index is 0.0567. The van der Waals surface area contributed by atoms with Crippen molar-refractivity contribution in [3.8, 4) is 11.1 Å². The summed E-state index contributed by atoms with van der Waals surface area (Å²) in [7, 11) is 0. The van der Waals surface area contributed by atoms with Crippen molar-refractivity contribution in [2.24, 2.45) is 0 Å². The van der Waals surface area contributed by atoms with Crippen LogP contribution >= 0.6 is 0 Å². The highest BCUT2D eigenvalue weighted by Crippen LogP contribution is 2.48. The lowest BCUT2D eigenvalue weighted by Crippen LogP contribution is -2.32. The highest BCUT2D eigenvalue weighted by atomic mass is 16.6.